The topological polar surface area (TPSA) is 54.5 Å². The van der Waals surface area contributed by atoms with Gasteiger partial charge < -0.3 is 0 Å². The van der Waals surface area contributed by atoms with Gasteiger partial charge in [-0.25, -0.2) is 0 Å². The highest BCUT2D eigenvalue weighted by molar-refractivity contribution is 7.59. The van der Waals surface area contributed by atoms with E-state index in [1.165, 1.54) is 4.90 Å². The number of ketones is 1. The van der Waals surface area contributed by atoms with Gasteiger partial charge >= 0.3 is 0 Å². The molecular formula is C14H23NO3S. The zero-order valence-electron chi connectivity index (χ0n) is 11.6. The van der Waals surface area contributed by atoms with E-state index >= 15 is 0 Å². The minimum Gasteiger partial charge on any atom is -0.300 e. The number of likely N-dealkylation sites (tertiary alicyclic amines) is 1. The summed E-state index contributed by atoms with van der Waals surface area (Å²) in [6, 6.07) is 0. The molecule has 1 unspecified atom stereocenters. The lowest BCUT2D eigenvalue weighted by molar-refractivity contribution is -0.140. The van der Waals surface area contributed by atoms with Gasteiger partial charge in [-0.3, -0.25) is 19.3 Å². The Morgan fingerprint density at radius 1 is 1.21 bits per heavy atom. The Hall–Kier alpha value is -0.840. The molecule has 0 aromatic carbocycles. The molecule has 1 saturated carbocycles. The number of hydrogen-bond donors (Lipinski definition) is 0. The van der Waals surface area contributed by atoms with Crippen molar-refractivity contribution in [1.82, 2.24) is 4.90 Å². The number of rotatable bonds is 3. The minimum absolute atomic E-state index is 0. The fourth-order valence-electron chi connectivity index (χ4n) is 3.05. The van der Waals surface area contributed by atoms with Crippen LogP contribution in [0.4, 0.5) is 0 Å². The Labute approximate surface area is 121 Å². The number of carbonyl (C=O) groups is 3. The van der Waals surface area contributed by atoms with Crippen molar-refractivity contribution in [3.63, 3.8) is 0 Å². The largest absolute Gasteiger partial charge is 0.300 e. The van der Waals surface area contributed by atoms with Gasteiger partial charge in [0.2, 0.25) is 11.8 Å². The summed E-state index contributed by atoms with van der Waals surface area (Å²) in [6.07, 6.45) is 4.09. The molecule has 1 atom stereocenters. The predicted molar refractivity (Wildman–Crippen MR) is 77.0 cm³/mol. The van der Waals surface area contributed by atoms with Gasteiger partial charge in [0.25, 0.3) is 0 Å². The third-order valence-corrected chi connectivity index (χ3v) is 4.33. The molecule has 1 heterocycles. The maximum atomic E-state index is 11.8. The van der Waals surface area contributed by atoms with E-state index in [4.69, 9.17) is 0 Å². The summed E-state index contributed by atoms with van der Waals surface area (Å²) >= 11 is 0. The van der Waals surface area contributed by atoms with Gasteiger partial charge in [0.1, 0.15) is 5.78 Å². The van der Waals surface area contributed by atoms with Crippen LogP contribution in [0.3, 0.4) is 0 Å². The van der Waals surface area contributed by atoms with Gasteiger partial charge in [-0.2, -0.15) is 13.5 Å². The van der Waals surface area contributed by atoms with Crippen LogP contribution < -0.4 is 0 Å². The number of hydrogen-bond acceptors (Lipinski definition) is 3. The van der Waals surface area contributed by atoms with Crippen LogP contribution in [0.15, 0.2) is 0 Å². The first-order valence-electron chi connectivity index (χ1n) is 6.83. The number of Topliss-reactive ketones (excluding diaryl/α,β-unsaturated/α-hetero) is 1. The monoisotopic (exact) mass is 285 g/mol. The molecule has 0 bridgehead atoms. The van der Waals surface area contributed by atoms with E-state index in [0.29, 0.717) is 18.9 Å². The van der Waals surface area contributed by atoms with Crippen LogP contribution in [-0.4, -0.2) is 29.0 Å². The van der Waals surface area contributed by atoms with Crippen LogP contribution in [0.5, 0.6) is 0 Å². The van der Waals surface area contributed by atoms with Crippen LogP contribution in [0.1, 0.15) is 46.0 Å². The van der Waals surface area contributed by atoms with Gasteiger partial charge in [0.15, 0.2) is 0 Å². The smallest absolute Gasteiger partial charge is 0.232 e. The summed E-state index contributed by atoms with van der Waals surface area (Å²) < 4.78 is 0. The molecule has 19 heavy (non-hydrogen) atoms. The lowest BCUT2D eigenvalue weighted by atomic mass is 9.80. The first-order valence-corrected chi connectivity index (χ1v) is 6.83. The lowest BCUT2D eigenvalue weighted by Crippen LogP contribution is -2.36. The molecular weight excluding hydrogens is 262 g/mol. The van der Waals surface area contributed by atoms with Crippen LogP contribution in [-0.2, 0) is 14.4 Å². The molecule has 2 rings (SSSR count). The second-order valence-corrected chi connectivity index (χ2v) is 5.78. The molecule has 0 aromatic rings. The second-order valence-electron chi connectivity index (χ2n) is 5.78. The highest BCUT2D eigenvalue weighted by Gasteiger charge is 2.37. The summed E-state index contributed by atoms with van der Waals surface area (Å²) in [5.74, 6) is 0.667. The van der Waals surface area contributed by atoms with E-state index in [1.807, 2.05) is 6.92 Å². The number of nitrogens with zero attached hydrogens (tertiary/aromatic N) is 1. The summed E-state index contributed by atoms with van der Waals surface area (Å²) in [5.41, 5.74) is 0. The third kappa shape index (κ3) is 3.59. The van der Waals surface area contributed by atoms with Gasteiger partial charge in [-0.15, -0.1) is 0 Å². The SMILES string of the molecule is CC(=O)C1CCC(CN2C(=O)CC(C)C2=O)CC1.S. The highest BCUT2D eigenvalue weighted by atomic mass is 32.1. The van der Waals surface area contributed by atoms with Gasteiger partial charge in [0.05, 0.1) is 0 Å². The molecule has 2 aliphatic rings. The van der Waals surface area contributed by atoms with Crippen molar-refractivity contribution in [3.8, 4) is 0 Å². The Bertz CT molecular complexity index is 375. The molecule has 0 aromatic heterocycles. The quantitative estimate of drug-likeness (QED) is 0.744. The second kappa shape index (κ2) is 6.55. The highest BCUT2D eigenvalue weighted by Crippen LogP contribution is 2.31. The van der Waals surface area contributed by atoms with E-state index in [2.05, 4.69) is 0 Å². The molecule has 1 saturated heterocycles. The molecule has 5 heteroatoms. The van der Waals surface area contributed by atoms with Crippen molar-refractivity contribution in [2.75, 3.05) is 6.54 Å². The average Bonchev–Trinajstić information content (AvgIpc) is 2.57. The fraction of sp³-hybridized carbons (Fsp3) is 0.786. The minimum atomic E-state index is -0.147. The Morgan fingerprint density at radius 2 is 1.79 bits per heavy atom. The Morgan fingerprint density at radius 3 is 2.21 bits per heavy atom. The van der Waals surface area contributed by atoms with Crippen molar-refractivity contribution < 1.29 is 14.4 Å². The molecule has 0 N–H and O–H groups in total. The van der Waals surface area contributed by atoms with Gasteiger partial charge in [-0.1, -0.05) is 6.92 Å². The standard InChI is InChI=1S/C14H21NO3.H2S/c1-9-7-13(17)15(14(9)18)8-11-3-5-12(6-4-11)10(2)16;/h9,11-12H,3-8H2,1-2H3;1H2. The average molecular weight is 285 g/mol. The van der Waals surface area contributed by atoms with E-state index in [9.17, 15) is 14.4 Å². The first-order chi connectivity index (χ1) is 8.49. The maximum absolute atomic E-state index is 11.8. The van der Waals surface area contributed by atoms with Gasteiger partial charge in [0, 0.05) is 24.8 Å². The number of carbonyl (C=O) groups excluding carboxylic acids is 3. The summed E-state index contributed by atoms with van der Waals surface area (Å²) in [7, 11) is 0. The molecule has 1 aliphatic carbocycles. The van der Waals surface area contributed by atoms with Crippen LogP contribution in [0.25, 0.3) is 0 Å². The maximum Gasteiger partial charge on any atom is 0.232 e. The molecule has 2 fully saturated rings. The summed E-state index contributed by atoms with van der Waals surface area (Å²) in [4.78, 5) is 36.2. The first kappa shape index (κ1) is 16.2. The van der Waals surface area contributed by atoms with Gasteiger partial charge in [-0.05, 0) is 38.5 Å². The normalized spacial score (nSPS) is 31.3. The third-order valence-electron chi connectivity index (χ3n) is 4.33. The van der Waals surface area contributed by atoms with Crippen LogP contribution >= 0.6 is 13.5 Å². The molecule has 0 radical (unpaired) electrons. The van der Waals surface area contributed by atoms with Crippen molar-refractivity contribution in [1.29, 1.82) is 0 Å². The van der Waals surface area contributed by atoms with Crippen molar-refractivity contribution in [2.24, 2.45) is 17.8 Å². The Balaban J connectivity index is 0.00000180. The van der Waals surface area contributed by atoms with Crippen molar-refractivity contribution in [3.05, 3.63) is 0 Å². The van der Waals surface area contributed by atoms with Crippen molar-refractivity contribution in [2.45, 2.75) is 46.0 Å². The van der Waals surface area contributed by atoms with E-state index < -0.39 is 0 Å². The summed E-state index contributed by atoms with van der Waals surface area (Å²) in [6.45, 7) is 4.03. The zero-order chi connectivity index (χ0) is 13.3. The molecule has 0 spiro atoms. The lowest BCUT2D eigenvalue weighted by Gasteiger charge is -2.29. The van der Waals surface area contributed by atoms with Crippen LogP contribution in [0.2, 0.25) is 0 Å². The molecule has 4 nitrogen and oxygen atoms in total. The van der Waals surface area contributed by atoms with Crippen LogP contribution in [0, 0.1) is 17.8 Å². The number of amides is 2. The van der Waals surface area contributed by atoms with E-state index in [1.54, 1.807) is 6.92 Å². The summed E-state index contributed by atoms with van der Waals surface area (Å²) in [5, 5.41) is 0. The van der Waals surface area contributed by atoms with E-state index in [-0.39, 0.29) is 42.9 Å². The molecule has 1 aliphatic heterocycles. The molecule has 108 valence electrons. The van der Waals surface area contributed by atoms with E-state index in [0.717, 1.165) is 25.7 Å². The zero-order valence-corrected chi connectivity index (χ0v) is 12.6. The Kier molecular flexibility index (Phi) is 5.59. The van der Waals surface area contributed by atoms with Crippen molar-refractivity contribution >= 4 is 31.1 Å². The predicted octanol–water partition coefficient (Wildman–Crippen LogP) is 1.89. The molecule has 2 amide bonds. The fourth-order valence-corrected chi connectivity index (χ4v) is 3.05. The number of imide groups is 1.